The lowest BCUT2D eigenvalue weighted by Crippen LogP contribution is -2.30. The van der Waals surface area contributed by atoms with E-state index in [4.69, 9.17) is 0 Å². The number of rotatable bonds is 3. The molecule has 16 heavy (non-hydrogen) atoms. The zero-order chi connectivity index (χ0) is 11.1. The van der Waals surface area contributed by atoms with Crippen LogP contribution in [0.4, 0.5) is 0 Å². The van der Waals surface area contributed by atoms with E-state index >= 15 is 0 Å². The van der Waals surface area contributed by atoms with Crippen molar-refractivity contribution in [3.63, 3.8) is 0 Å². The Balaban J connectivity index is 1.76. The van der Waals surface area contributed by atoms with Crippen LogP contribution in [0.1, 0.15) is 48.9 Å². The second-order valence-electron chi connectivity index (χ2n) is 5.59. The van der Waals surface area contributed by atoms with E-state index in [0.717, 1.165) is 5.92 Å². The van der Waals surface area contributed by atoms with Crippen molar-refractivity contribution in [1.29, 1.82) is 0 Å². The van der Waals surface area contributed by atoms with Crippen LogP contribution >= 0.6 is 0 Å². The standard InChI is InChI=1S/C15H21N/c1-10-3-4-13-7-8-15(14(13)9-10)16-11(2)12-5-6-12/h3-4,9,11-12,15-16H,5-8H2,1-2H3. The fourth-order valence-electron chi connectivity index (χ4n) is 2.94. The van der Waals surface area contributed by atoms with Crippen molar-refractivity contribution in [2.75, 3.05) is 0 Å². The van der Waals surface area contributed by atoms with Crippen LogP contribution in [-0.4, -0.2) is 6.04 Å². The van der Waals surface area contributed by atoms with Crippen molar-refractivity contribution in [2.45, 2.75) is 51.6 Å². The molecule has 2 unspecified atom stereocenters. The monoisotopic (exact) mass is 215 g/mol. The highest BCUT2D eigenvalue weighted by Crippen LogP contribution is 2.36. The van der Waals surface area contributed by atoms with Crippen LogP contribution in [0.15, 0.2) is 18.2 Å². The third-order valence-electron chi connectivity index (χ3n) is 4.17. The second kappa shape index (κ2) is 3.89. The number of benzene rings is 1. The summed E-state index contributed by atoms with van der Waals surface area (Å²) in [7, 11) is 0. The normalized spacial score (nSPS) is 25.5. The molecule has 0 saturated heterocycles. The highest BCUT2D eigenvalue weighted by Gasteiger charge is 2.31. The Bertz CT molecular complexity index is 392. The van der Waals surface area contributed by atoms with Gasteiger partial charge in [-0.05, 0) is 56.6 Å². The molecule has 1 heteroatoms. The van der Waals surface area contributed by atoms with Crippen molar-refractivity contribution >= 4 is 0 Å². The van der Waals surface area contributed by atoms with Crippen LogP contribution in [0.3, 0.4) is 0 Å². The van der Waals surface area contributed by atoms with Gasteiger partial charge in [0, 0.05) is 12.1 Å². The first kappa shape index (κ1) is 10.3. The predicted octanol–water partition coefficient (Wildman–Crippen LogP) is 3.37. The van der Waals surface area contributed by atoms with Gasteiger partial charge < -0.3 is 5.32 Å². The molecule has 0 bridgehead atoms. The molecule has 0 aromatic heterocycles. The van der Waals surface area contributed by atoms with Crippen molar-refractivity contribution in [1.82, 2.24) is 5.32 Å². The molecule has 1 aromatic carbocycles. The van der Waals surface area contributed by atoms with Gasteiger partial charge in [-0.2, -0.15) is 0 Å². The van der Waals surface area contributed by atoms with Gasteiger partial charge in [-0.15, -0.1) is 0 Å². The van der Waals surface area contributed by atoms with Gasteiger partial charge in [-0.25, -0.2) is 0 Å². The van der Waals surface area contributed by atoms with E-state index < -0.39 is 0 Å². The van der Waals surface area contributed by atoms with Crippen LogP contribution in [0.25, 0.3) is 0 Å². The van der Waals surface area contributed by atoms with Gasteiger partial charge in [0.15, 0.2) is 0 Å². The maximum Gasteiger partial charge on any atom is 0.0328 e. The van der Waals surface area contributed by atoms with E-state index in [1.165, 1.54) is 31.2 Å². The predicted molar refractivity (Wildman–Crippen MR) is 67.6 cm³/mol. The van der Waals surface area contributed by atoms with Crippen molar-refractivity contribution in [2.24, 2.45) is 5.92 Å². The molecule has 2 aliphatic carbocycles. The van der Waals surface area contributed by atoms with Gasteiger partial charge >= 0.3 is 0 Å². The summed E-state index contributed by atoms with van der Waals surface area (Å²) in [6.45, 7) is 4.55. The minimum atomic E-state index is 0.616. The Morgan fingerprint density at radius 1 is 1.25 bits per heavy atom. The fraction of sp³-hybridized carbons (Fsp3) is 0.600. The van der Waals surface area contributed by atoms with Crippen molar-refractivity contribution in [3.05, 3.63) is 34.9 Å². The van der Waals surface area contributed by atoms with E-state index in [0.29, 0.717) is 12.1 Å². The molecule has 3 rings (SSSR count). The first-order valence-corrected chi connectivity index (χ1v) is 6.59. The molecule has 1 aromatic rings. The van der Waals surface area contributed by atoms with E-state index in [9.17, 15) is 0 Å². The third-order valence-corrected chi connectivity index (χ3v) is 4.17. The smallest absolute Gasteiger partial charge is 0.0328 e. The van der Waals surface area contributed by atoms with Gasteiger partial charge in [0.1, 0.15) is 0 Å². The van der Waals surface area contributed by atoms with Gasteiger partial charge in [0.2, 0.25) is 0 Å². The maximum atomic E-state index is 3.82. The zero-order valence-electron chi connectivity index (χ0n) is 10.3. The molecule has 0 spiro atoms. The molecular formula is C15H21N. The summed E-state index contributed by atoms with van der Waals surface area (Å²) in [4.78, 5) is 0. The SMILES string of the molecule is Cc1ccc2c(c1)C(NC(C)C1CC1)CC2. The zero-order valence-corrected chi connectivity index (χ0v) is 10.3. The molecule has 0 amide bonds. The Morgan fingerprint density at radius 3 is 2.81 bits per heavy atom. The number of fused-ring (bicyclic) bond motifs is 1. The quantitative estimate of drug-likeness (QED) is 0.815. The molecule has 1 saturated carbocycles. The lowest BCUT2D eigenvalue weighted by molar-refractivity contribution is 0.421. The second-order valence-corrected chi connectivity index (χ2v) is 5.59. The van der Waals surface area contributed by atoms with Crippen LogP contribution < -0.4 is 5.32 Å². The summed E-state index contributed by atoms with van der Waals surface area (Å²) < 4.78 is 0. The maximum absolute atomic E-state index is 3.82. The number of nitrogens with one attached hydrogen (secondary N) is 1. The van der Waals surface area contributed by atoms with Gasteiger partial charge in [-0.1, -0.05) is 23.8 Å². The summed E-state index contributed by atoms with van der Waals surface area (Å²) in [6, 6.07) is 8.25. The molecule has 2 aliphatic rings. The van der Waals surface area contributed by atoms with E-state index in [2.05, 4.69) is 37.4 Å². The van der Waals surface area contributed by atoms with E-state index in [1.807, 2.05) is 0 Å². The van der Waals surface area contributed by atoms with Crippen LogP contribution in [-0.2, 0) is 6.42 Å². The van der Waals surface area contributed by atoms with Gasteiger partial charge in [0.05, 0.1) is 0 Å². The average Bonchev–Trinajstić information content (AvgIpc) is 3.04. The van der Waals surface area contributed by atoms with Crippen molar-refractivity contribution < 1.29 is 0 Å². The number of hydrogen-bond donors (Lipinski definition) is 1. The Kier molecular flexibility index (Phi) is 2.51. The summed E-state index contributed by atoms with van der Waals surface area (Å²) in [5, 5.41) is 3.82. The van der Waals surface area contributed by atoms with E-state index in [-0.39, 0.29) is 0 Å². The summed E-state index contributed by atoms with van der Waals surface area (Å²) >= 11 is 0. The van der Waals surface area contributed by atoms with Crippen molar-refractivity contribution in [3.8, 4) is 0 Å². The first-order chi connectivity index (χ1) is 7.74. The van der Waals surface area contributed by atoms with Gasteiger partial charge in [-0.3, -0.25) is 0 Å². The molecule has 86 valence electrons. The number of aryl methyl sites for hydroxylation is 2. The topological polar surface area (TPSA) is 12.0 Å². The van der Waals surface area contributed by atoms with E-state index in [1.54, 1.807) is 11.1 Å². The summed E-state index contributed by atoms with van der Waals surface area (Å²) in [5.41, 5.74) is 4.52. The fourth-order valence-corrected chi connectivity index (χ4v) is 2.94. The molecule has 0 radical (unpaired) electrons. The lowest BCUT2D eigenvalue weighted by atomic mass is 10.0. The Hall–Kier alpha value is -0.820. The highest BCUT2D eigenvalue weighted by atomic mass is 15.0. The summed E-state index contributed by atoms with van der Waals surface area (Å²) in [6.07, 6.45) is 5.41. The summed E-state index contributed by atoms with van der Waals surface area (Å²) in [5.74, 6) is 0.953. The Labute approximate surface area is 98.3 Å². The van der Waals surface area contributed by atoms with Gasteiger partial charge in [0.25, 0.3) is 0 Å². The highest BCUT2D eigenvalue weighted by molar-refractivity contribution is 5.37. The molecule has 1 fully saturated rings. The average molecular weight is 215 g/mol. The minimum Gasteiger partial charge on any atom is -0.307 e. The number of hydrogen-bond acceptors (Lipinski definition) is 1. The lowest BCUT2D eigenvalue weighted by Gasteiger charge is -2.20. The third kappa shape index (κ3) is 1.89. The molecule has 1 nitrogen and oxygen atoms in total. The van der Waals surface area contributed by atoms with Crippen LogP contribution in [0, 0.1) is 12.8 Å². The first-order valence-electron chi connectivity index (χ1n) is 6.59. The molecule has 1 N–H and O–H groups in total. The molecular weight excluding hydrogens is 194 g/mol. The Morgan fingerprint density at radius 2 is 2.06 bits per heavy atom. The molecule has 2 atom stereocenters. The van der Waals surface area contributed by atoms with Crippen LogP contribution in [0.2, 0.25) is 0 Å². The molecule has 0 heterocycles. The largest absolute Gasteiger partial charge is 0.307 e. The van der Waals surface area contributed by atoms with Crippen LogP contribution in [0.5, 0.6) is 0 Å². The minimum absolute atomic E-state index is 0.616. The molecule has 0 aliphatic heterocycles.